The van der Waals surface area contributed by atoms with Crippen molar-refractivity contribution in [3.8, 4) is 39.4 Å². The van der Waals surface area contributed by atoms with Gasteiger partial charge in [-0.1, -0.05) is 138 Å². The smallest absolute Gasteiger partial charge is 0.428 e. The summed E-state index contributed by atoms with van der Waals surface area (Å²) in [6.07, 6.45) is 6.43. The topological polar surface area (TPSA) is 37.7 Å². The monoisotopic (exact) mass is 761 g/mol. The zero-order valence-corrected chi connectivity index (χ0v) is 32.0. The number of pyridine rings is 1. The molecule has 8 aromatic carbocycles. The number of nitrogens with zero attached hydrogens (tertiary/aromatic N) is 4. The highest BCUT2D eigenvalue weighted by Crippen LogP contribution is 2.43. The Morgan fingerprint density at radius 3 is 1.90 bits per heavy atom. The summed E-state index contributed by atoms with van der Waals surface area (Å²) in [5, 5.41) is 8.19. The first-order chi connectivity index (χ1) is 28.7. The van der Waals surface area contributed by atoms with E-state index in [9.17, 15) is 0 Å². The van der Waals surface area contributed by atoms with Crippen molar-refractivity contribution in [2.75, 3.05) is 0 Å². The highest BCUT2D eigenvalue weighted by Gasteiger charge is 2.30. The molecule has 0 aliphatic heterocycles. The zero-order valence-electron chi connectivity index (χ0n) is 31.2. The zero-order chi connectivity index (χ0) is 38.2. The molecule has 58 heavy (non-hydrogen) atoms. The molecule has 0 spiro atoms. The van der Waals surface area contributed by atoms with E-state index in [1.807, 2.05) is 23.5 Å². The molecule has 5 nitrogen and oxygen atoms in total. The van der Waals surface area contributed by atoms with Crippen LogP contribution >= 0.6 is 11.3 Å². The lowest BCUT2D eigenvalue weighted by Crippen LogP contribution is -2.55. The number of furan rings is 1. The third-order valence-electron chi connectivity index (χ3n) is 11.3. The Labute approximate surface area is 337 Å². The van der Waals surface area contributed by atoms with E-state index in [0.717, 1.165) is 72.1 Å². The molecule has 0 saturated heterocycles. The number of hydrogen-bond acceptors (Lipinski definition) is 3. The van der Waals surface area contributed by atoms with Crippen LogP contribution in [0.15, 0.2) is 205 Å². The SMILES string of the molecule is c1ccc(-c2cccc(-[n+]3c[n+](-c4cccc5c4nc(-c4ccccc4)c4ccc6sc7ccccc7c6c45)c[n+](-c4cccc5c4oc4ccccc45)c3)c2)cc1. The van der Waals surface area contributed by atoms with Crippen LogP contribution in [0.25, 0.3) is 103 Å². The lowest BCUT2D eigenvalue weighted by Gasteiger charge is -2.12. The minimum Gasteiger partial charge on any atom is -0.449 e. The number of para-hydroxylation sites is 3. The van der Waals surface area contributed by atoms with Crippen LogP contribution in [0.1, 0.15) is 0 Å². The average Bonchev–Trinajstić information content (AvgIpc) is 3.88. The van der Waals surface area contributed by atoms with Crippen molar-refractivity contribution < 1.29 is 18.1 Å². The fraction of sp³-hybridized carbons (Fsp3) is 0. The molecule has 0 aliphatic carbocycles. The molecule has 0 atom stereocenters. The van der Waals surface area contributed by atoms with Crippen LogP contribution < -0.4 is 13.7 Å². The summed E-state index contributed by atoms with van der Waals surface area (Å²) < 4.78 is 15.7. The first-order valence-corrected chi connectivity index (χ1v) is 20.2. The van der Waals surface area contributed by atoms with Crippen LogP contribution in [0.5, 0.6) is 0 Å². The van der Waals surface area contributed by atoms with Gasteiger partial charge in [0.05, 0.1) is 5.69 Å². The summed E-state index contributed by atoms with van der Waals surface area (Å²) in [4.78, 5) is 5.60. The van der Waals surface area contributed by atoms with Crippen LogP contribution in [0.3, 0.4) is 0 Å². The largest absolute Gasteiger partial charge is 0.449 e. The fourth-order valence-electron chi connectivity index (χ4n) is 8.63. The highest BCUT2D eigenvalue weighted by atomic mass is 32.1. The van der Waals surface area contributed by atoms with Crippen molar-refractivity contribution in [2.24, 2.45) is 0 Å². The van der Waals surface area contributed by atoms with Gasteiger partial charge >= 0.3 is 19.0 Å². The molecule has 0 saturated carbocycles. The second-order valence-corrected chi connectivity index (χ2v) is 15.8. The summed E-state index contributed by atoms with van der Waals surface area (Å²) in [5.41, 5.74) is 9.90. The van der Waals surface area contributed by atoms with E-state index in [2.05, 4.69) is 203 Å². The Balaban J connectivity index is 1.17. The molecule has 12 rings (SSSR count). The first kappa shape index (κ1) is 32.7. The summed E-state index contributed by atoms with van der Waals surface area (Å²) >= 11 is 1.85. The number of thiophene rings is 1. The summed E-state index contributed by atoms with van der Waals surface area (Å²) in [6, 6.07) is 64.3. The number of rotatable bonds is 5. The van der Waals surface area contributed by atoms with Gasteiger partial charge in [-0.2, -0.15) is 0 Å². The molecule has 0 N–H and O–H groups in total. The maximum absolute atomic E-state index is 6.61. The van der Waals surface area contributed by atoms with E-state index in [1.165, 1.54) is 31.1 Å². The van der Waals surface area contributed by atoms with Gasteiger partial charge in [0, 0.05) is 76.9 Å². The van der Waals surface area contributed by atoms with E-state index in [0.29, 0.717) is 0 Å². The standard InChI is InChI=1S/C52H33N4OS/c1-3-14-34(15-4-1)36-18-11-19-37(30-36)54-31-55(33-56(32-54)44-25-12-22-39-38-20-7-9-26-45(38)57-52(39)44)43-24-13-23-41-48-42(50(53-51(41)43)35-16-5-2-6-17-35)28-29-47-49(48)40-21-8-10-27-46(40)58-47/h1-33H/q+3. The quantitative estimate of drug-likeness (QED) is 0.129. The molecule has 0 radical (unpaired) electrons. The number of fused-ring (bicyclic) bond motifs is 10. The van der Waals surface area contributed by atoms with Gasteiger partial charge in [0.1, 0.15) is 11.1 Å². The Kier molecular flexibility index (Phi) is 7.33. The van der Waals surface area contributed by atoms with Gasteiger partial charge in [-0.15, -0.1) is 11.3 Å². The van der Waals surface area contributed by atoms with Crippen LogP contribution in [0, 0.1) is 0 Å². The van der Waals surface area contributed by atoms with Crippen molar-refractivity contribution in [1.82, 2.24) is 4.98 Å². The van der Waals surface area contributed by atoms with E-state index in [4.69, 9.17) is 9.40 Å². The van der Waals surface area contributed by atoms with Gasteiger partial charge in [-0.3, -0.25) is 0 Å². The molecule has 270 valence electrons. The van der Waals surface area contributed by atoms with E-state index in [-0.39, 0.29) is 0 Å². The maximum atomic E-state index is 6.61. The lowest BCUT2D eigenvalue weighted by molar-refractivity contribution is -0.857. The molecular formula is C52H33N4OS+3. The Bertz CT molecular complexity index is 3570. The van der Waals surface area contributed by atoms with E-state index < -0.39 is 0 Å². The maximum Gasteiger partial charge on any atom is 0.428 e. The number of aromatic nitrogens is 4. The van der Waals surface area contributed by atoms with Gasteiger partial charge in [0.2, 0.25) is 17.0 Å². The molecule has 0 fully saturated rings. The summed E-state index contributed by atoms with van der Waals surface area (Å²) in [6.45, 7) is 0. The fourth-order valence-corrected chi connectivity index (χ4v) is 9.74. The molecule has 4 heterocycles. The predicted octanol–water partition coefficient (Wildman–Crippen LogP) is 11.8. The average molecular weight is 762 g/mol. The van der Waals surface area contributed by atoms with Crippen molar-refractivity contribution in [2.45, 2.75) is 0 Å². The second kappa shape index (κ2) is 13.0. The van der Waals surface area contributed by atoms with E-state index >= 15 is 0 Å². The molecule has 0 amide bonds. The van der Waals surface area contributed by atoms with E-state index in [1.54, 1.807) is 0 Å². The molecular weight excluding hydrogens is 729 g/mol. The first-order valence-electron chi connectivity index (χ1n) is 19.4. The summed E-state index contributed by atoms with van der Waals surface area (Å²) in [7, 11) is 0. The van der Waals surface area contributed by atoms with Crippen LogP contribution in [0.4, 0.5) is 0 Å². The Morgan fingerprint density at radius 1 is 0.414 bits per heavy atom. The predicted molar refractivity (Wildman–Crippen MR) is 235 cm³/mol. The molecule has 0 bridgehead atoms. The van der Waals surface area contributed by atoms with Crippen molar-refractivity contribution >= 4 is 75.1 Å². The molecule has 0 aliphatic rings. The third kappa shape index (κ3) is 5.16. The molecule has 6 heteroatoms. The van der Waals surface area contributed by atoms with Gasteiger partial charge < -0.3 is 4.42 Å². The Hall–Kier alpha value is -7.54. The van der Waals surface area contributed by atoms with Crippen LogP contribution in [-0.4, -0.2) is 4.98 Å². The molecule has 4 aromatic heterocycles. The third-order valence-corrected chi connectivity index (χ3v) is 12.4. The van der Waals surface area contributed by atoms with Crippen molar-refractivity contribution in [1.29, 1.82) is 0 Å². The second-order valence-electron chi connectivity index (χ2n) is 14.7. The number of hydrogen-bond donors (Lipinski definition) is 0. The summed E-state index contributed by atoms with van der Waals surface area (Å²) in [5.74, 6) is 0. The van der Waals surface area contributed by atoms with Crippen LogP contribution in [0.2, 0.25) is 0 Å². The van der Waals surface area contributed by atoms with Gasteiger partial charge in [-0.25, -0.2) is 4.98 Å². The Morgan fingerprint density at radius 2 is 1.05 bits per heavy atom. The van der Waals surface area contributed by atoms with Crippen molar-refractivity contribution in [3.63, 3.8) is 0 Å². The minimum absolute atomic E-state index is 0.830. The highest BCUT2D eigenvalue weighted by molar-refractivity contribution is 7.26. The molecule has 12 aromatic rings. The van der Waals surface area contributed by atoms with Gasteiger partial charge in [-0.05, 0) is 44.5 Å². The van der Waals surface area contributed by atoms with Gasteiger partial charge in [0.25, 0.3) is 5.69 Å². The normalized spacial score (nSPS) is 11.8. The van der Waals surface area contributed by atoms with Crippen molar-refractivity contribution in [3.05, 3.63) is 201 Å². The van der Waals surface area contributed by atoms with Crippen LogP contribution in [-0.2, 0) is 0 Å². The minimum atomic E-state index is 0.830. The van der Waals surface area contributed by atoms with Gasteiger partial charge in [0.15, 0.2) is 0 Å². The lowest BCUT2D eigenvalue weighted by atomic mass is 9.96. The number of benzene rings is 8. The molecule has 0 unspecified atom stereocenters.